The van der Waals surface area contributed by atoms with E-state index in [0.29, 0.717) is 36.2 Å². The third-order valence-electron chi connectivity index (χ3n) is 7.45. The standard InChI is InChI=1S/C36H41N7O4/c1-4-5-8-27-22-34(43(42-27)28-13-11-25(2)12-14-28)41-36(45)39-31-15-16-32(30-10-7-6-9-29(30)31)47-24-26-17-18-38-33(21-26)40-35(44)23-37-19-20-46-3/h6-7,9-18,21-22,37H,4-5,8,19-20,23-24H2,1-3H3,(H,38,40,44)(H2,39,41,45). The fourth-order valence-electron chi connectivity index (χ4n) is 5.01. The van der Waals surface area contributed by atoms with Crippen LogP contribution in [0.3, 0.4) is 0 Å². The first-order valence-electron chi connectivity index (χ1n) is 15.8. The summed E-state index contributed by atoms with van der Waals surface area (Å²) in [5.41, 5.74) is 4.44. The van der Waals surface area contributed by atoms with Gasteiger partial charge in [0.05, 0.1) is 30.2 Å². The number of pyridine rings is 1. The molecule has 0 aliphatic heterocycles. The Bertz CT molecular complexity index is 1800. The lowest BCUT2D eigenvalue weighted by Gasteiger charge is -2.15. The number of methoxy groups -OCH3 is 1. The van der Waals surface area contributed by atoms with Gasteiger partial charge in [0.25, 0.3) is 0 Å². The summed E-state index contributed by atoms with van der Waals surface area (Å²) in [7, 11) is 1.61. The zero-order valence-electron chi connectivity index (χ0n) is 27.0. The van der Waals surface area contributed by atoms with Crippen LogP contribution in [0.25, 0.3) is 16.5 Å². The highest BCUT2D eigenvalue weighted by Gasteiger charge is 2.15. The molecule has 0 atom stereocenters. The first-order chi connectivity index (χ1) is 22.9. The number of benzene rings is 3. The summed E-state index contributed by atoms with van der Waals surface area (Å²) in [6.45, 7) is 5.71. The molecule has 0 bridgehead atoms. The molecule has 11 heteroatoms. The van der Waals surface area contributed by atoms with Gasteiger partial charge in [0.15, 0.2) is 0 Å². The van der Waals surface area contributed by atoms with E-state index in [0.717, 1.165) is 52.5 Å². The number of carbonyl (C=O) groups is 2. The van der Waals surface area contributed by atoms with Crippen LogP contribution in [0, 0.1) is 6.92 Å². The summed E-state index contributed by atoms with van der Waals surface area (Å²) < 4.78 is 13.0. The van der Waals surface area contributed by atoms with Crippen molar-refractivity contribution >= 4 is 40.0 Å². The Kier molecular flexibility index (Phi) is 11.5. The van der Waals surface area contributed by atoms with Crippen LogP contribution in [0.15, 0.2) is 85.1 Å². The summed E-state index contributed by atoms with van der Waals surface area (Å²) >= 11 is 0. The van der Waals surface area contributed by atoms with Crippen LogP contribution in [0.4, 0.5) is 22.1 Å². The van der Waals surface area contributed by atoms with Crippen molar-refractivity contribution < 1.29 is 19.1 Å². The fourth-order valence-corrected chi connectivity index (χ4v) is 5.01. The number of nitrogens with one attached hydrogen (secondary N) is 4. The lowest BCUT2D eigenvalue weighted by Crippen LogP contribution is -2.30. The number of ether oxygens (including phenoxy) is 2. The van der Waals surface area contributed by atoms with Crippen LogP contribution in [0.5, 0.6) is 5.75 Å². The zero-order valence-corrected chi connectivity index (χ0v) is 27.0. The highest BCUT2D eigenvalue weighted by molar-refractivity contribution is 6.07. The molecule has 0 aliphatic carbocycles. The smallest absolute Gasteiger partial charge is 0.324 e. The number of unbranched alkanes of at least 4 members (excludes halogenated alkanes) is 1. The molecule has 11 nitrogen and oxygen atoms in total. The van der Waals surface area contributed by atoms with Crippen LogP contribution >= 0.6 is 0 Å². The summed E-state index contributed by atoms with van der Waals surface area (Å²) in [5.74, 6) is 1.51. The number of fused-ring (bicyclic) bond motifs is 1. The van der Waals surface area contributed by atoms with Crippen LogP contribution in [0.2, 0.25) is 0 Å². The first-order valence-corrected chi connectivity index (χ1v) is 15.8. The number of urea groups is 1. The molecule has 244 valence electrons. The van der Waals surface area contributed by atoms with E-state index in [1.165, 1.54) is 0 Å². The second-order valence-corrected chi connectivity index (χ2v) is 11.2. The van der Waals surface area contributed by atoms with Crippen LogP contribution in [-0.4, -0.2) is 53.5 Å². The minimum absolute atomic E-state index is 0.159. The molecule has 0 fully saturated rings. The van der Waals surface area contributed by atoms with E-state index in [1.807, 2.05) is 79.7 Å². The topological polar surface area (TPSA) is 131 Å². The van der Waals surface area contributed by atoms with E-state index in [2.05, 4.69) is 33.2 Å². The van der Waals surface area contributed by atoms with Crippen LogP contribution in [-0.2, 0) is 22.6 Å². The molecule has 5 rings (SSSR count). The van der Waals surface area contributed by atoms with Gasteiger partial charge in [-0.25, -0.2) is 14.5 Å². The lowest BCUT2D eigenvalue weighted by atomic mass is 10.1. The number of aromatic nitrogens is 3. The Morgan fingerprint density at radius 1 is 0.915 bits per heavy atom. The van der Waals surface area contributed by atoms with Gasteiger partial charge in [-0.05, 0) is 61.7 Å². The SMILES string of the molecule is CCCCc1cc(NC(=O)Nc2ccc(OCc3ccnc(NC(=O)CNCCOC)c3)c3ccccc23)n(-c2ccc(C)cc2)n1. The largest absolute Gasteiger partial charge is 0.488 e. The van der Waals surface area contributed by atoms with Crippen molar-refractivity contribution in [2.24, 2.45) is 0 Å². The van der Waals surface area contributed by atoms with Crippen molar-refractivity contribution in [2.75, 3.05) is 42.8 Å². The van der Waals surface area contributed by atoms with Crippen molar-refractivity contribution in [3.8, 4) is 11.4 Å². The number of anilines is 3. The second-order valence-electron chi connectivity index (χ2n) is 11.2. The normalized spacial score (nSPS) is 11.0. The highest BCUT2D eigenvalue weighted by Crippen LogP contribution is 2.32. The molecule has 2 aromatic heterocycles. The summed E-state index contributed by atoms with van der Waals surface area (Å²) in [4.78, 5) is 29.8. The fraction of sp³-hybridized carbons (Fsp3) is 0.278. The third kappa shape index (κ3) is 9.15. The van der Waals surface area contributed by atoms with E-state index in [9.17, 15) is 9.59 Å². The number of amides is 3. The van der Waals surface area contributed by atoms with Gasteiger partial charge in [0.1, 0.15) is 24.0 Å². The lowest BCUT2D eigenvalue weighted by molar-refractivity contribution is -0.115. The van der Waals surface area contributed by atoms with E-state index in [1.54, 1.807) is 24.1 Å². The number of hydrogen-bond donors (Lipinski definition) is 4. The molecule has 0 radical (unpaired) electrons. The second kappa shape index (κ2) is 16.3. The molecule has 0 aliphatic rings. The Hall–Kier alpha value is -5.26. The third-order valence-corrected chi connectivity index (χ3v) is 7.45. The number of aryl methyl sites for hydroxylation is 2. The van der Waals surface area contributed by atoms with Gasteiger partial charge in [-0.2, -0.15) is 5.10 Å². The zero-order chi connectivity index (χ0) is 33.0. The van der Waals surface area contributed by atoms with Gasteiger partial charge in [-0.3, -0.25) is 10.1 Å². The number of nitrogens with zero attached hydrogens (tertiary/aromatic N) is 3. The van der Waals surface area contributed by atoms with E-state index in [4.69, 9.17) is 14.6 Å². The molecular formula is C36H41N7O4. The molecule has 0 unspecified atom stereocenters. The predicted octanol–water partition coefficient (Wildman–Crippen LogP) is 6.47. The van der Waals surface area contributed by atoms with Crippen molar-refractivity contribution in [2.45, 2.75) is 39.7 Å². The van der Waals surface area contributed by atoms with Gasteiger partial charge in [-0.15, -0.1) is 0 Å². The maximum atomic E-state index is 13.3. The predicted molar refractivity (Wildman–Crippen MR) is 185 cm³/mol. The summed E-state index contributed by atoms with van der Waals surface area (Å²) in [6, 6.07) is 24.6. The highest BCUT2D eigenvalue weighted by atomic mass is 16.5. The molecule has 3 amide bonds. The molecule has 3 aromatic carbocycles. The summed E-state index contributed by atoms with van der Waals surface area (Å²) in [5, 5.41) is 18.3. The van der Waals surface area contributed by atoms with Gasteiger partial charge in [0, 0.05) is 36.7 Å². The van der Waals surface area contributed by atoms with Crippen molar-refractivity contribution in [3.63, 3.8) is 0 Å². The molecule has 0 spiro atoms. The first kappa shape index (κ1) is 33.1. The Balaban J connectivity index is 1.26. The molecular weight excluding hydrogens is 594 g/mol. The molecule has 2 heterocycles. The quantitative estimate of drug-likeness (QED) is 0.0970. The van der Waals surface area contributed by atoms with Crippen molar-refractivity contribution in [3.05, 3.63) is 102 Å². The number of hydrogen-bond acceptors (Lipinski definition) is 7. The molecule has 5 aromatic rings. The minimum Gasteiger partial charge on any atom is -0.488 e. The van der Waals surface area contributed by atoms with Gasteiger partial charge in [-0.1, -0.05) is 55.3 Å². The van der Waals surface area contributed by atoms with Crippen molar-refractivity contribution in [1.82, 2.24) is 20.1 Å². The Morgan fingerprint density at radius 3 is 2.51 bits per heavy atom. The van der Waals surface area contributed by atoms with E-state index >= 15 is 0 Å². The average molecular weight is 636 g/mol. The van der Waals surface area contributed by atoms with Gasteiger partial charge >= 0.3 is 6.03 Å². The molecule has 4 N–H and O–H groups in total. The molecule has 0 saturated heterocycles. The number of rotatable bonds is 15. The number of carbonyl (C=O) groups excluding carboxylic acids is 2. The maximum Gasteiger partial charge on any atom is 0.324 e. The Morgan fingerprint density at radius 2 is 1.72 bits per heavy atom. The van der Waals surface area contributed by atoms with E-state index in [-0.39, 0.29) is 25.1 Å². The van der Waals surface area contributed by atoms with Crippen LogP contribution in [0.1, 0.15) is 36.6 Å². The van der Waals surface area contributed by atoms with Crippen LogP contribution < -0.4 is 26.0 Å². The van der Waals surface area contributed by atoms with E-state index < -0.39 is 0 Å². The minimum atomic E-state index is -0.376. The van der Waals surface area contributed by atoms with Gasteiger partial charge in [0.2, 0.25) is 5.91 Å². The molecule has 0 saturated carbocycles. The average Bonchev–Trinajstić information content (AvgIpc) is 3.48. The Labute approximate surface area is 274 Å². The molecule has 47 heavy (non-hydrogen) atoms. The maximum absolute atomic E-state index is 13.3. The monoisotopic (exact) mass is 635 g/mol. The van der Waals surface area contributed by atoms with Gasteiger partial charge < -0.3 is 25.4 Å². The summed E-state index contributed by atoms with van der Waals surface area (Å²) in [6.07, 6.45) is 4.54. The van der Waals surface area contributed by atoms with Crippen molar-refractivity contribution in [1.29, 1.82) is 0 Å².